The maximum atomic E-state index is 12.0. The van der Waals surface area contributed by atoms with E-state index in [1.165, 1.54) is 17.3 Å². The largest absolute Gasteiger partial charge is 0.325 e. The lowest BCUT2D eigenvalue weighted by molar-refractivity contribution is -0.113. The lowest BCUT2D eigenvalue weighted by Crippen LogP contribution is -2.15. The van der Waals surface area contributed by atoms with Crippen LogP contribution >= 0.6 is 11.8 Å². The zero-order chi connectivity index (χ0) is 15.4. The molecule has 7 heteroatoms. The van der Waals surface area contributed by atoms with Crippen LogP contribution in [0.15, 0.2) is 23.4 Å². The van der Waals surface area contributed by atoms with Crippen molar-refractivity contribution < 1.29 is 4.79 Å². The van der Waals surface area contributed by atoms with E-state index < -0.39 is 0 Å². The predicted octanol–water partition coefficient (Wildman–Crippen LogP) is 2.60. The van der Waals surface area contributed by atoms with Gasteiger partial charge in [0, 0.05) is 5.69 Å². The number of benzene rings is 1. The van der Waals surface area contributed by atoms with Crippen LogP contribution in [0.1, 0.15) is 31.0 Å². The van der Waals surface area contributed by atoms with Gasteiger partial charge in [-0.2, -0.15) is 0 Å². The third-order valence-electron chi connectivity index (χ3n) is 2.94. The Labute approximate surface area is 128 Å². The van der Waals surface area contributed by atoms with Gasteiger partial charge in [-0.3, -0.25) is 4.79 Å². The van der Waals surface area contributed by atoms with Crippen LogP contribution in [0.4, 0.5) is 5.69 Å². The number of rotatable bonds is 5. The van der Waals surface area contributed by atoms with Gasteiger partial charge in [-0.05, 0) is 49.8 Å². The molecule has 0 spiro atoms. The SMILES string of the molecule is Cc1ccc(NC(=O)CSc2nnnn2C(C)C)c(C)c1. The van der Waals surface area contributed by atoms with Gasteiger partial charge >= 0.3 is 0 Å². The zero-order valence-electron chi connectivity index (χ0n) is 12.6. The molecule has 2 aromatic rings. The summed E-state index contributed by atoms with van der Waals surface area (Å²) in [6.45, 7) is 8.00. The average molecular weight is 305 g/mol. The highest BCUT2D eigenvalue weighted by Crippen LogP contribution is 2.19. The highest BCUT2D eigenvalue weighted by molar-refractivity contribution is 7.99. The van der Waals surface area contributed by atoms with Gasteiger partial charge in [0.15, 0.2) is 0 Å². The molecule has 0 saturated carbocycles. The summed E-state index contributed by atoms with van der Waals surface area (Å²) in [7, 11) is 0. The molecule has 21 heavy (non-hydrogen) atoms. The fourth-order valence-electron chi connectivity index (χ4n) is 1.87. The van der Waals surface area contributed by atoms with Crippen LogP contribution in [-0.4, -0.2) is 31.9 Å². The summed E-state index contributed by atoms with van der Waals surface area (Å²) in [4.78, 5) is 12.0. The highest BCUT2D eigenvalue weighted by atomic mass is 32.2. The van der Waals surface area contributed by atoms with Crippen molar-refractivity contribution in [3.63, 3.8) is 0 Å². The molecular formula is C14H19N5OS. The van der Waals surface area contributed by atoms with E-state index in [9.17, 15) is 4.79 Å². The minimum atomic E-state index is -0.0646. The quantitative estimate of drug-likeness (QED) is 0.860. The van der Waals surface area contributed by atoms with Crippen molar-refractivity contribution in [2.75, 3.05) is 11.1 Å². The van der Waals surface area contributed by atoms with Crippen molar-refractivity contribution in [1.29, 1.82) is 0 Å². The fourth-order valence-corrected chi connectivity index (χ4v) is 2.68. The topological polar surface area (TPSA) is 72.7 Å². The molecule has 0 atom stereocenters. The van der Waals surface area contributed by atoms with E-state index in [0.29, 0.717) is 5.16 Å². The summed E-state index contributed by atoms with van der Waals surface area (Å²) in [5.74, 6) is 0.214. The number of anilines is 1. The molecule has 112 valence electrons. The standard InChI is InChI=1S/C14H19N5OS/c1-9(2)19-14(16-17-18-19)21-8-13(20)15-12-6-5-10(3)7-11(12)4/h5-7,9H,8H2,1-4H3,(H,15,20). The van der Waals surface area contributed by atoms with Crippen LogP contribution in [0, 0.1) is 13.8 Å². The van der Waals surface area contributed by atoms with Crippen molar-refractivity contribution in [2.45, 2.75) is 38.9 Å². The first-order valence-electron chi connectivity index (χ1n) is 6.75. The van der Waals surface area contributed by atoms with Crippen molar-refractivity contribution in [1.82, 2.24) is 20.2 Å². The molecule has 0 bridgehead atoms. The van der Waals surface area contributed by atoms with Gasteiger partial charge in [-0.1, -0.05) is 29.5 Å². The summed E-state index contributed by atoms with van der Waals surface area (Å²) >= 11 is 1.33. The van der Waals surface area contributed by atoms with E-state index >= 15 is 0 Å². The molecule has 0 aliphatic rings. The number of thioether (sulfide) groups is 1. The Morgan fingerprint density at radius 3 is 2.81 bits per heavy atom. The van der Waals surface area contributed by atoms with Gasteiger partial charge in [0.2, 0.25) is 11.1 Å². The van der Waals surface area contributed by atoms with Gasteiger partial charge in [-0.25, -0.2) is 4.68 Å². The third kappa shape index (κ3) is 4.04. The van der Waals surface area contributed by atoms with Gasteiger partial charge in [0.1, 0.15) is 0 Å². The first-order valence-corrected chi connectivity index (χ1v) is 7.73. The molecule has 1 heterocycles. The number of nitrogens with one attached hydrogen (secondary N) is 1. The lowest BCUT2D eigenvalue weighted by Gasteiger charge is -2.09. The lowest BCUT2D eigenvalue weighted by atomic mass is 10.1. The molecule has 0 unspecified atom stereocenters. The van der Waals surface area contributed by atoms with Crippen LogP contribution in [-0.2, 0) is 4.79 Å². The number of hydrogen-bond acceptors (Lipinski definition) is 5. The number of amides is 1. The second kappa shape index (κ2) is 6.71. The van der Waals surface area contributed by atoms with Crippen LogP contribution < -0.4 is 5.32 Å². The first-order chi connectivity index (χ1) is 9.97. The minimum absolute atomic E-state index is 0.0646. The van der Waals surface area contributed by atoms with Crippen LogP contribution in [0.25, 0.3) is 0 Å². The highest BCUT2D eigenvalue weighted by Gasteiger charge is 2.12. The van der Waals surface area contributed by atoms with Crippen LogP contribution in [0.3, 0.4) is 0 Å². The van der Waals surface area contributed by atoms with E-state index in [1.54, 1.807) is 4.68 Å². The summed E-state index contributed by atoms with van der Waals surface area (Å²) in [5, 5.41) is 15.0. The fraction of sp³-hybridized carbons (Fsp3) is 0.429. The number of aryl methyl sites for hydroxylation is 2. The molecular weight excluding hydrogens is 286 g/mol. The number of aromatic nitrogens is 4. The Morgan fingerprint density at radius 2 is 2.14 bits per heavy atom. The van der Waals surface area contributed by atoms with Crippen molar-refractivity contribution in [3.8, 4) is 0 Å². The van der Waals surface area contributed by atoms with Gasteiger partial charge in [0.25, 0.3) is 0 Å². The molecule has 0 aliphatic carbocycles. The number of tetrazole rings is 1. The normalized spacial score (nSPS) is 10.9. The monoisotopic (exact) mass is 305 g/mol. The van der Waals surface area contributed by atoms with Gasteiger partial charge in [0.05, 0.1) is 11.8 Å². The number of carbonyl (C=O) groups is 1. The summed E-state index contributed by atoms with van der Waals surface area (Å²) in [5.41, 5.74) is 3.07. The van der Waals surface area contributed by atoms with Crippen LogP contribution in [0.5, 0.6) is 0 Å². The maximum absolute atomic E-state index is 12.0. The summed E-state index contributed by atoms with van der Waals surface area (Å²) in [6.07, 6.45) is 0. The van der Waals surface area contributed by atoms with Crippen molar-refractivity contribution >= 4 is 23.4 Å². The second-order valence-electron chi connectivity index (χ2n) is 5.16. The smallest absolute Gasteiger partial charge is 0.234 e. The number of carbonyl (C=O) groups excluding carboxylic acids is 1. The first kappa shape index (κ1) is 15.5. The average Bonchev–Trinajstić information content (AvgIpc) is 2.88. The molecule has 1 amide bonds. The Morgan fingerprint density at radius 1 is 1.38 bits per heavy atom. The van der Waals surface area contributed by atoms with Crippen molar-refractivity contribution in [3.05, 3.63) is 29.3 Å². The van der Waals surface area contributed by atoms with E-state index in [-0.39, 0.29) is 17.7 Å². The third-order valence-corrected chi connectivity index (χ3v) is 3.87. The molecule has 1 aromatic carbocycles. The molecule has 2 rings (SSSR count). The van der Waals surface area contributed by atoms with E-state index in [4.69, 9.17) is 0 Å². The Kier molecular flexibility index (Phi) is 4.95. The molecule has 0 aliphatic heterocycles. The molecule has 0 saturated heterocycles. The summed E-state index contributed by atoms with van der Waals surface area (Å²) in [6, 6.07) is 6.12. The molecule has 0 fully saturated rings. The Bertz CT molecular complexity index is 638. The zero-order valence-corrected chi connectivity index (χ0v) is 13.4. The van der Waals surface area contributed by atoms with E-state index in [1.807, 2.05) is 45.9 Å². The van der Waals surface area contributed by atoms with Crippen molar-refractivity contribution in [2.24, 2.45) is 0 Å². The summed E-state index contributed by atoms with van der Waals surface area (Å²) < 4.78 is 1.70. The second-order valence-corrected chi connectivity index (χ2v) is 6.10. The molecule has 6 nitrogen and oxygen atoms in total. The predicted molar refractivity (Wildman–Crippen MR) is 83.5 cm³/mol. The molecule has 1 N–H and O–H groups in total. The Hall–Kier alpha value is -1.89. The van der Waals surface area contributed by atoms with Gasteiger partial charge < -0.3 is 5.32 Å². The maximum Gasteiger partial charge on any atom is 0.234 e. The minimum Gasteiger partial charge on any atom is -0.325 e. The number of hydrogen-bond donors (Lipinski definition) is 1. The van der Waals surface area contributed by atoms with Crippen LogP contribution in [0.2, 0.25) is 0 Å². The number of nitrogens with zero attached hydrogens (tertiary/aromatic N) is 4. The molecule has 0 radical (unpaired) electrons. The van der Waals surface area contributed by atoms with E-state index in [0.717, 1.165) is 11.3 Å². The van der Waals surface area contributed by atoms with Gasteiger partial charge in [-0.15, -0.1) is 5.10 Å². The molecule has 1 aromatic heterocycles. The Balaban J connectivity index is 1.94. The van der Waals surface area contributed by atoms with E-state index in [2.05, 4.69) is 20.8 Å².